The van der Waals surface area contributed by atoms with Gasteiger partial charge in [0.2, 0.25) is 5.91 Å². The molecule has 20 heavy (non-hydrogen) atoms. The molecule has 0 fully saturated rings. The Morgan fingerprint density at radius 1 is 1.15 bits per heavy atom. The van der Waals surface area contributed by atoms with E-state index >= 15 is 0 Å². The van der Waals surface area contributed by atoms with Crippen LogP contribution in [0.25, 0.3) is 0 Å². The Kier molecular flexibility index (Phi) is 4.98. The summed E-state index contributed by atoms with van der Waals surface area (Å²) in [6.07, 6.45) is 0. The van der Waals surface area contributed by atoms with Gasteiger partial charge in [-0.2, -0.15) is 0 Å². The summed E-state index contributed by atoms with van der Waals surface area (Å²) in [7, 11) is 0. The van der Waals surface area contributed by atoms with E-state index in [0.29, 0.717) is 20.9 Å². The van der Waals surface area contributed by atoms with Crippen LogP contribution < -0.4 is 10.6 Å². The van der Waals surface area contributed by atoms with E-state index in [0.717, 1.165) is 0 Å². The molecular weight excluding hydrogens is 347 g/mol. The van der Waals surface area contributed by atoms with Gasteiger partial charge in [0.15, 0.2) is 0 Å². The standard InChI is InChI=1S/C14H11BrClFN2O/c15-12-6-5-11(7-13(12)17)18-8-14(20)19-10-3-1-9(16)2-4-10/h1-7,18H,8H2,(H,19,20). The van der Waals surface area contributed by atoms with Gasteiger partial charge in [0.25, 0.3) is 0 Å². The molecule has 2 aromatic rings. The lowest BCUT2D eigenvalue weighted by Crippen LogP contribution is -2.21. The van der Waals surface area contributed by atoms with Crippen molar-refractivity contribution in [2.45, 2.75) is 0 Å². The lowest BCUT2D eigenvalue weighted by molar-refractivity contribution is -0.114. The maximum atomic E-state index is 13.3. The molecule has 0 bridgehead atoms. The maximum Gasteiger partial charge on any atom is 0.243 e. The Bertz CT molecular complexity index is 619. The molecule has 0 heterocycles. The lowest BCUT2D eigenvalue weighted by Gasteiger charge is -2.08. The topological polar surface area (TPSA) is 41.1 Å². The molecule has 0 saturated carbocycles. The van der Waals surface area contributed by atoms with Crippen LogP contribution in [0.15, 0.2) is 46.9 Å². The molecule has 0 aromatic heterocycles. The Hall–Kier alpha value is -1.59. The predicted octanol–water partition coefficient (Wildman–Crippen LogP) is 4.29. The molecule has 0 aliphatic carbocycles. The second kappa shape index (κ2) is 6.72. The number of hydrogen-bond donors (Lipinski definition) is 2. The maximum absolute atomic E-state index is 13.3. The van der Waals surface area contributed by atoms with E-state index < -0.39 is 0 Å². The zero-order valence-electron chi connectivity index (χ0n) is 10.3. The number of anilines is 2. The van der Waals surface area contributed by atoms with E-state index in [1.807, 2.05) is 0 Å². The Morgan fingerprint density at radius 2 is 1.80 bits per heavy atom. The summed E-state index contributed by atoms with van der Waals surface area (Å²) in [5, 5.41) is 6.15. The van der Waals surface area contributed by atoms with Crippen molar-refractivity contribution in [3.05, 3.63) is 57.8 Å². The third kappa shape index (κ3) is 4.21. The first-order valence-corrected chi connectivity index (χ1v) is 6.96. The van der Waals surface area contributed by atoms with Gasteiger partial charge in [0, 0.05) is 16.4 Å². The van der Waals surface area contributed by atoms with Gasteiger partial charge in [-0.25, -0.2) is 4.39 Å². The molecule has 0 aliphatic rings. The number of carbonyl (C=O) groups is 1. The largest absolute Gasteiger partial charge is 0.376 e. The smallest absolute Gasteiger partial charge is 0.243 e. The van der Waals surface area contributed by atoms with Crippen molar-refractivity contribution in [1.82, 2.24) is 0 Å². The van der Waals surface area contributed by atoms with Crippen LogP contribution in [0.2, 0.25) is 5.02 Å². The second-order valence-electron chi connectivity index (χ2n) is 4.04. The van der Waals surface area contributed by atoms with E-state index in [-0.39, 0.29) is 18.3 Å². The Labute approximate surface area is 129 Å². The fraction of sp³-hybridized carbons (Fsp3) is 0.0714. The third-order valence-electron chi connectivity index (χ3n) is 2.50. The minimum atomic E-state index is -0.381. The van der Waals surface area contributed by atoms with Crippen LogP contribution in [0.1, 0.15) is 0 Å². The van der Waals surface area contributed by atoms with Crippen molar-refractivity contribution in [2.75, 3.05) is 17.2 Å². The molecule has 1 amide bonds. The van der Waals surface area contributed by atoms with Crippen LogP contribution in [0, 0.1) is 5.82 Å². The van der Waals surface area contributed by atoms with E-state index in [9.17, 15) is 9.18 Å². The highest BCUT2D eigenvalue weighted by Gasteiger charge is 2.04. The van der Waals surface area contributed by atoms with Gasteiger partial charge in [0.05, 0.1) is 11.0 Å². The minimum absolute atomic E-state index is 0.0453. The van der Waals surface area contributed by atoms with E-state index in [1.165, 1.54) is 6.07 Å². The van der Waals surface area contributed by atoms with Crippen LogP contribution in [-0.4, -0.2) is 12.5 Å². The normalized spacial score (nSPS) is 10.2. The molecule has 2 N–H and O–H groups in total. The zero-order chi connectivity index (χ0) is 14.5. The monoisotopic (exact) mass is 356 g/mol. The van der Waals surface area contributed by atoms with Gasteiger partial charge in [0.1, 0.15) is 5.82 Å². The molecule has 6 heteroatoms. The highest BCUT2D eigenvalue weighted by Crippen LogP contribution is 2.19. The predicted molar refractivity (Wildman–Crippen MR) is 82.7 cm³/mol. The summed E-state index contributed by atoms with van der Waals surface area (Å²) >= 11 is 8.82. The average molecular weight is 358 g/mol. The molecule has 0 aliphatic heterocycles. The molecule has 0 spiro atoms. The summed E-state index contributed by atoms with van der Waals surface area (Å²) in [5.41, 5.74) is 1.19. The number of amides is 1. The van der Waals surface area contributed by atoms with Crippen LogP contribution in [0.5, 0.6) is 0 Å². The van der Waals surface area contributed by atoms with Crippen molar-refractivity contribution in [3.63, 3.8) is 0 Å². The Morgan fingerprint density at radius 3 is 2.45 bits per heavy atom. The second-order valence-corrected chi connectivity index (χ2v) is 5.33. The number of halogens is 3. The van der Waals surface area contributed by atoms with Gasteiger partial charge in [-0.3, -0.25) is 4.79 Å². The lowest BCUT2D eigenvalue weighted by atomic mass is 10.3. The van der Waals surface area contributed by atoms with Crippen molar-refractivity contribution < 1.29 is 9.18 Å². The van der Waals surface area contributed by atoms with Crippen LogP contribution >= 0.6 is 27.5 Å². The number of hydrogen-bond acceptors (Lipinski definition) is 2. The van der Waals surface area contributed by atoms with Crippen LogP contribution in [0.3, 0.4) is 0 Å². The van der Waals surface area contributed by atoms with Crippen molar-refractivity contribution >= 4 is 44.8 Å². The van der Waals surface area contributed by atoms with Crippen molar-refractivity contribution in [3.8, 4) is 0 Å². The van der Waals surface area contributed by atoms with Crippen LogP contribution in [-0.2, 0) is 4.79 Å². The summed E-state index contributed by atoms with van der Waals surface area (Å²) in [6.45, 7) is 0.0453. The van der Waals surface area contributed by atoms with Crippen molar-refractivity contribution in [2.24, 2.45) is 0 Å². The summed E-state index contributed by atoms with van der Waals surface area (Å²) in [4.78, 5) is 11.7. The third-order valence-corrected chi connectivity index (χ3v) is 3.40. The minimum Gasteiger partial charge on any atom is -0.376 e. The first-order chi connectivity index (χ1) is 9.54. The molecule has 0 radical (unpaired) electrons. The highest BCUT2D eigenvalue weighted by molar-refractivity contribution is 9.10. The summed E-state index contributed by atoms with van der Waals surface area (Å²) in [6, 6.07) is 11.4. The summed E-state index contributed by atoms with van der Waals surface area (Å²) in [5.74, 6) is -0.608. The van der Waals surface area contributed by atoms with Crippen LogP contribution in [0.4, 0.5) is 15.8 Å². The van der Waals surface area contributed by atoms with Crippen molar-refractivity contribution in [1.29, 1.82) is 0 Å². The first-order valence-electron chi connectivity index (χ1n) is 5.79. The fourth-order valence-electron chi connectivity index (χ4n) is 1.53. The molecule has 0 atom stereocenters. The zero-order valence-corrected chi connectivity index (χ0v) is 12.6. The molecule has 0 unspecified atom stereocenters. The van der Waals surface area contributed by atoms with Gasteiger partial charge < -0.3 is 10.6 Å². The molecule has 2 aromatic carbocycles. The van der Waals surface area contributed by atoms with Gasteiger partial charge >= 0.3 is 0 Å². The SMILES string of the molecule is O=C(CNc1ccc(Br)c(F)c1)Nc1ccc(Cl)cc1. The van der Waals surface area contributed by atoms with E-state index in [2.05, 4.69) is 26.6 Å². The van der Waals surface area contributed by atoms with E-state index in [4.69, 9.17) is 11.6 Å². The number of carbonyl (C=O) groups excluding carboxylic acids is 1. The highest BCUT2D eigenvalue weighted by atomic mass is 79.9. The molecule has 3 nitrogen and oxygen atoms in total. The van der Waals surface area contributed by atoms with Gasteiger partial charge in [-0.15, -0.1) is 0 Å². The number of rotatable bonds is 4. The first kappa shape index (κ1) is 14.8. The molecule has 104 valence electrons. The van der Waals surface area contributed by atoms with E-state index in [1.54, 1.807) is 36.4 Å². The Balaban J connectivity index is 1.88. The fourth-order valence-corrected chi connectivity index (χ4v) is 1.90. The number of benzene rings is 2. The van der Waals surface area contributed by atoms with Gasteiger partial charge in [-0.05, 0) is 58.4 Å². The quantitative estimate of drug-likeness (QED) is 0.857. The molecular formula is C14H11BrClFN2O. The average Bonchev–Trinajstić information content (AvgIpc) is 2.43. The number of nitrogens with one attached hydrogen (secondary N) is 2. The van der Waals surface area contributed by atoms with Gasteiger partial charge in [-0.1, -0.05) is 11.6 Å². The molecule has 2 rings (SSSR count). The molecule has 0 saturated heterocycles. The summed E-state index contributed by atoms with van der Waals surface area (Å²) < 4.78 is 13.7.